The van der Waals surface area contributed by atoms with Gasteiger partial charge in [0.25, 0.3) is 0 Å². The van der Waals surface area contributed by atoms with Gasteiger partial charge in [-0.3, -0.25) is 14.6 Å². The zero-order valence-corrected chi connectivity index (χ0v) is 14.2. The molecule has 0 saturated carbocycles. The van der Waals surface area contributed by atoms with Crippen LogP contribution in [-0.4, -0.2) is 46.9 Å². The first-order valence-corrected chi connectivity index (χ1v) is 9.09. The Balaban J connectivity index is 1.72. The molecular formula is C19H26N4O. The van der Waals surface area contributed by atoms with E-state index in [9.17, 15) is 4.79 Å². The number of nitrogens with zero attached hydrogens (tertiary/aromatic N) is 2. The Hall–Kier alpha value is -1.85. The minimum atomic E-state index is -0.355. The lowest BCUT2D eigenvalue weighted by Gasteiger charge is -2.18. The Bertz CT molecular complexity index is 739. The number of aromatic amines is 1. The number of carbonyl (C=O) groups is 1. The molecule has 2 aromatic rings. The average Bonchev–Trinajstić information content (AvgIpc) is 3.30. The standard InChI is InChI=1S/C19H26N4O/c20-19(24)14-5-6-17-15(11-14)16(12-22-7-1-2-8-22)18(21-17)13-23-9-3-4-10-23/h5-6,11,21H,1-4,7-10,12-13H2,(H2,20,24). The summed E-state index contributed by atoms with van der Waals surface area (Å²) in [4.78, 5) is 20.2. The number of fused-ring (bicyclic) bond motifs is 1. The molecule has 2 aliphatic heterocycles. The van der Waals surface area contributed by atoms with E-state index < -0.39 is 0 Å². The highest BCUT2D eigenvalue weighted by Crippen LogP contribution is 2.28. The van der Waals surface area contributed by atoms with E-state index in [1.807, 2.05) is 18.2 Å². The van der Waals surface area contributed by atoms with Crippen LogP contribution in [0.1, 0.15) is 47.3 Å². The van der Waals surface area contributed by atoms with Crippen molar-refractivity contribution in [3.8, 4) is 0 Å². The van der Waals surface area contributed by atoms with Crippen LogP contribution in [0.5, 0.6) is 0 Å². The van der Waals surface area contributed by atoms with E-state index in [4.69, 9.17) is 5.73 Å². The van der Waals surface area contributed by atoms with Crippen molar-refractivity contribution in [3.63, 3.8) is 0 Å². The molecule has 24 heavy (non-hydrogen) atoms. The lowest BCUT2D eigenvalue weighted by molar-refractivity contribution is 0.100. The van der Waals surface area contributed by atoms with Gasteiger partial charge < -0.3 is 10.7 Å². The van der Waals surface area contributed by atoms with Crippen molar-refractivity contribution >= 4 is 16.8 Å². The predicted octanol–water partition coefficient (Wildman–Crippen LogP) is 2.46. The van der Waals surface area contributed by atoms with Crippen LogP contribution in [0, 0.1) is 0 Å². The molecule has 5 heteroatoms. The minimum Gasteiger partial charge on any atom is -0.366 e. The maximum atomic E-state index is 11.6. The van der Waals surface area contributed by atoms with Crippen LogP contribution in [0.4, 0.5) is 0 Å². The number of hydrogen-bond acceptors (Lipinski definition) is 3. The summed E-state index contributed by atoms with van der Waals surface area (Å²) in [6.45, 7) is 6.65. The van der Waals surface area contributed by atoms with E-state index in [1.54, 1.807) is 0 Å². The lowest BCUT2D eigenvalue weighted by atomic mass is 10.1. The van der Waals surface area contributed by atoms with Crippen LogP contribution in [0.2, 0.25) is 0 Å². The summed E-state index contributed by atoms with van der Waals surface area (Å²) in [6.07, 6.45) is 5.17. The summed E-state index contributed by atoms with van der Waals surface area (Å²) in [5.74, 6) is -0.355. The molecule has 128 valence electrons. The van der Waals surface area contributed by atoms with Crippen LogP contribution >= 0.6 is 0 Å². The lowest BCUT2D eigenvalue weighted by Crippen LogP contribution is -2.22. The summed E-state index contributed by atoms with van der Waals surface area (Å²) in [5, 5.41) is 1.16. The normalized spacial score (nSPS) is 19.5. The summed E-state index contributed by atoms with van der Waals surface area (Å²) in [5.41, 5.74) is 9.85. The second-order valence-corrected chi connectivity index (χ2v) is 7.17. The molecule has 1 amide bonds. The van der Waals surface area contributed by atoms with Crippen molar-refractivity contribution in [2.75, 3.05) is 26.2 Å². The van der Waals surface area contributed by atoms with Crippen LogP contribution < -0.4 is 5.73 Å². The fourth-order valence-corrected chi connectivity index (χ4v) is 4.10. The molecule has 0 radical (unpaired) electrons. The zero-order valence-electron chi connectivity index (χ0n) is 14.2. The van der Waals surface area contributed by atoms with Crippen molar-refractivity contribution in [3.05, 3.63) is 35.0 Å². The van der Waals surface area contributed by atoms with Crippen molar-refractivity contribution in [2.45, 2.75) is 38.8 Å². The molecule has 1 aromatic carbocycles. The molecule has 1 aromatic heterocycles. The first-order chi connectivity index (χ1) is 11.7. The highest BCUT2D eigenvalue weighted by atomic mass is 16.1. The Morgan fingerprint density at radius 2 is 1.62 bits per heavy atom. The number of likely N-dealkylation sites (tertiary alicyclic amines) is 2. The van der Waals surface area contributed by atoms with Gasteiger partial charge >= 0.3 is 0 Å². The third kappa shape index (κ3) is 3.06. The number of benzene rings is 1. The fourth-order valence-electron chi connectivity index (χ4n) is 4.10. The second kappa shape index (κ2) is 6.57. The largest absolute Gasteiger partial charge is 0.366 e. The average molecular weight is 326 g/mol. The smallest absolute Gasteiger partial charge is 0.248 e. The van der Waals surface area contributed by atoms with Gasteiger partial charge in [0, 0.05) is 35.2 Å². The Morgan fingerprint density at radius 1 is 1.00 bits per heavy atom. The van der Waals surface area contributed by atoms with E-state index in [2.05, 4.69) is 14.8 Å². The quantitative estimate of drug-likeness (QED) is 0.887. The number of rotatable bonds is 5. The molecule has 2 fully saturated rings. The number of amides is 1. The molecule has 0 bridgehead atoms. The van der Waals surface area contributed by atoms with E-state index in [1.165, 1.54) is 63.1 Å². The number of H-pyrrole nitrogens is 1. The van der Waals surface area contributed by atoms with Gasteiger partial charge in [-0.05, 0) is 75.6 Å². The molecular weight excluding hydrogens is 300 g/mol. The summed E-state index contributed by atoms with van der Waals surface area (Å²) < 4.78 is 0. The summed E-state index contributed by atoms with van der Waals surface area (Å²) >= 11 is 0. The molecule has 5 nitrogen and oxygen atoms in total. The Morgan fingerprint density at radius 3 is 2.25 bits per heavy atom. The van der Waals surface area contributed by atoms with Crippen molar-refractivity contribution < 1.29 is 4.79 Å². The number of primary amides is 1. The fraction of sp³-hybridized carbons (Fsp3) is 0.526. The van der Waals surface area contributed by atoms with Gasteiger partial charge in [-0.2, -0.15) is 0 Å². The molecule has 0 spiro atoms. The molecule has 2 aliphatic rings. The van der Waals surface area contributed by atoms with E-state index in [0.29, 0.717) is 5.56 Å². The van der Waals surface area contributed by atoms with Crippen molar-refractivity contribution in [1.29, 1.82) is 0 Å². The topological polar surface area (TPSA) is 65.4 Å². The zero-order chi connectivity index (χ0) is 16.5. The van der Waals surface area contributed by atoms with E-state index in [0.717, 1.165) is 24.0 Å². The van der Waals surface area contributed by atoms with Crippen LogP contribution in [0.25, 0.3) is 10.9 Å². The van der Waals surface area contributed by atoms with Gasteiger partial charge in [0.05, 0.1) is 0 Å². The molecule has 0 unspecified atom stereocenters. The third-order valence-electron chi connectivity index (χ3n) is 5.44. The van der Waals surface area contributed by atoms with Gasteiger partial charge in [0.2, 0.25) is 5.91 Å². The monoisotopic (exact) mass is 326 g/mol. The van der Waals surface area contributed by atoms with Crippen molar-refractivity contribution in [2.24, 2.45) is 5.73 Å². The molecule has 2 saturated heterocycles. The van der Waals surface area contributed by atoms with Crippen LogP contribution in [0.3, 0.4) is 0 Å². The van der Waals surface area contributed by atoms with Gasteiger partial charge in [-0.15, -0.1) is 0 Å². The van der Waals surface area contributed by atoms with Crippen LogP contribution in [0.15, 0.2) is 18.2 Å². The molecule has 4 rings (SSSR count). The van der Waals surface area contributed by atoms with Gasteiger partial charge in [-0.25, -0.2) is 0 Å². The molecule has 3 N–H and O–H groups in total. The number of carbonyl (C=O) groups excluding carboxylic acids is 1. The molecule has 3 heterocycles. The third-order valence-corrected chi connectivity index (χ3v) is 5.44. The number of aromatic nitrogens is 1. The Labute approximate surface area is 142 Å². The highest BCUT2D eigenvalue weighted by Gasteiger charge is 2.21. The van der Waals surface area contributed by atoms with Gasteiger partial charge in [-0.1, -0.05) is 0 Å². The number of hydrogen-bond donors (Lipinski definition) is 2. The number of nitrogens with two attached hydrogens (primary N) is 1. The SMILES string of the molecule is NC(=O)c1ccc2[nH]c(CN3CCCC3)c(CN3CCCC3)c2c1. The van der Waals surface area contributed by atoms with Crippen molar-refractivity contribution in [1.82, 2.24) is 14.8 Å². The van der Waals surface area contributed by atoms with Crippen LogP contribution in [-0.2, 0) is 13.1 Å². The summed E-state index contributed by atoms with van der Waals surface area (Å²) in [6, 6.07) is 5.78. The minimum absolute atomic E-state index is 0.355. The molecule has 0 aliphatic carbocycles. The number of nitrogens with one attached hydrogen (secondary N) is 1. The first kappa shape index (κ1) is 15.7. The maximum Gasteiger partial charge on any atom is 0.248 e. The maximum absolute atomic E-state index is 11.6. The second-order valence-electron chi connectivity index (χ2n) is 7.17. The van der Waals surface area contributed by atoms with Gasteiger partial charge in [0.1, 0.15) is 0 Å². The molecule has 0 atom stereocenters. The highest BCUT2D eigenvalue weighted by molar-refractivity contribution is 5.98. The predicted molar refractivity (Wildman–Crippen MR) is 95.8 cm³/mol. The Kier molecular flexibility index (Phi) is 4.29. The summed E-state index contributed by atoms with van der Waals surface area (Å²) in [7, 11) is 0. The van der Waals surface area contributed by atoms with E-state index in [-0.39, 0.29) is 5.91 Å². The van der Waals surface area contributed by atoms with E-state index >= 15 is 0 Å². The first-order valence-electron chi connectivity index (χ1n) is 9.09. The van der Waals surface area contributed by atoms with Gasteiger partial charge in [0.15, 0.2) is 0 Å².